The van der Waals surface area contributed by atoms with Gasteiger partial charge in [-0.1, -0.05) is 6.92 Å². The lowest BCUT2D eigenvalue weighted by Crippen LogP contribution is -2.44. The van der Waals surface area contributed by atoms with E-state index in [1.807, 2.05) is 0 Å². The van der Waals surface area contributed by atoms with Gasteiger partial charge in [-0.3, -0.25) is 10.1 Å². The number of hydrogen-bond donors (Lipinski definition) is 1. The summed E-state index contributed by atoms with van der Waals surface area (Å²) in [4.78, 5) is 7.77. The van der Waals surface area contributed by atoms with Gasteiger partial charge in [0.25, 0.3) is 0 Å². The lowest BCUT2D eigenvalue weighted by Gasteiger charge is -2.23. The van der Waals surface area contributed by atoms with Crippen molar-refractivity contribution in [1.82, 2.24) is 0 Å². The molecule has 86 valence electrons. The molecule has 0 bridgehead atoms. The highest BCUT2D eigenvalue weighted by molar-refractivity contribution is 6.25. The number of rotatable bonds is 1. The van der Waals surface area contributed by atoms with E-state index in [1.54, 1.807) is 18.2 Å². The van der Waals surface area contributed by atoms with Gasteiger partial charge in [-0.25, -0.2) is 0 Å². The Morgan fingerprint density at radius 1 is 1.47 bits per heavy atom. The summed E-state index contributed by atoms with van der Waals surface area (Å²) >= 11 is 5.79. The minimum absolute atomic E-state index is 0.443. The Morgan fingerprint density at radius 2 is 1.94 bits per heavy atom. The van der Waals surface area contributed by atoms with E-state index in [4.69, 9.17) is 33.1 Å². The molecular formula is C9H6ClN5O2. The fourth-order valence-electron chi connectivity index (χ4n) is 1.86. The van der Waals surface area contributed by atoms with Crippen molar-refractivity contribution in [1.29, 1.82) is 15.8 Å². The Bertz CT molecular complexity index is 535. The summed E-state index contributed by atoms with van der Waals surface area (Å²) in [5, 5.41) is 37.9. The van der Waals surface area contributed by atoms with Crippen molar-refractivity contribution in [2.24, 2.45) is 17.1 Å². The Kier molecular flexibility index (Phi) is 2.72. The van der Waals surface area contributed by atoms with Crippen molar-refractivity contribution in [2.75, 3.05) is 0 Å². The van der Waals surface area contributed by atoms with Crippen LogP contribution >= 0.6 is 11.6 Å². The minimum Gasteiger partial charge on any atom is -0.394 e. The maximum Gasteiger partial charge on any atom is 0.340 e. The van der Waals surface area contributed by atoms with E-state index in [2.05, 4.69) is 0 Å². The lowest BCUT2D eigenvalue weighted by molar-refractivity contribution is -0.540. The summed E-state index contributed by atoms with van der Waals surface area (Å²) in [5.74, 6) is -1.23. The third kappa shape index (κ3) is 1.19. The third-order valence-corrected chi connectivity index (χ3v) is 3.66. The van der Waals surface area contributed by atoms with Crippen LogP contribution < -0.4 is 5.73 Å². The number of nitro groups is 1. The molecular weight excluding hydrogens is 246 g/mol. The monoisotopic (exact) mass is 251 g/mol. The van der Waals surface area contributed by atoms with Crippen LogP contribution in [0.2, 0.25) is 0 Å². The standard InChI is InChI=1S/C9H6ClN5O2/c1-5-8(3-12,4-13)6(2-11)7(14)9(5,10)15(16)17/h5H,14H2,1H3/t5-,9+/m0/s1. The van der Waals surface area contributed by atoms with E-state index in [0.29, 0.717) is 0 Å². The summed E-state index contributed by atoms with van der Waals surface area (Å²) in [6.07, 6.45) is 0. The zero-order chi connectivity index (χ0) is 13.4. The zero-order valence-corrected chi connectivity index (χ0v) is 9.39. The van der Waals surface area contributed by atoms with E-state index >= 15 is 0 Å². The number of halogens is 1. The van der Waals surface area contributed by atoms with E-state index in [0.717, 1.165) is 0 Å². The number of nitriles is 3. The Labute approximate surface area is 101 Å². The van der Waals surface area contributed by atoms with Crippen LogP contribution in [-0.2, 0) is 0 Å². The van der Waals surface area contributed by atoms with Gasteiger partial charge >= 0.3 is 5.00 Å². The van der Waals surface area contributed by atoms with Gasteiger partial charge in [-0.2, -0.15) is 15.8 Å². The number of alkyl halides is 1. The third-order valence-electron chi connectivity index (χ3n) is 2.99. The van der Waals surface area contributed by atoms with Gasteiger partial charge in [0.1, 0.15) is 5.70 Å². The molecule has 0 unspecified atom stereocenters. The minimum atomic E-state index is -2.30. The molecule has 0 spiro atoms. The molecule has 0 aromatic carbocycles. The number of allylic oxidation sites excluding steroid dienone is 1. The summed E-state index contributed by atoms with van der Waals surface area (Å²) in [5.41, 5.74) is 2.51. The van der Waals surface area contributed by atoms with Crippen molar-refractivity contribution in [2.45, 2.75) is 11.9 Å². The van der Waals surface area contributed by atoms with Gasteiger partial charge in [0, 0.05) is 4.92 Å². The molecule has 0 radical (unpaired) electrons. The largest absolute Gasteiger partial charge is 0.394 e. The highest BCUT2D eigenvalue weighted by Crippen LogP contribution is 2.53. The molecule has 0 aromatic rings. The molecule has 0 saturated heterocycles. The highest BCUT2D eigenvalue weighted by Gasteiger charge is 2.68. The van der Waals surface area contributed by atoms with Gasteiger partial charge in [-0.05, 0) is 11.6 Å². The smallest absolute Gasteiger partial charge is 0.340 e. The van der Waals surface area contributed by atoms with Crippen LogP contribution in [0.3, 0.4) is 0 Å². The molecule has 0 saturated carbocycles. The van der Waals surface area contributed by atoms with Crippen molar-refractivity contribution >= 4 is 11.6 Å². The van der Waals surface area contributed by atoms with Crippen LogP contribution in [0.25, 0.3) is 0 Å². The van der Waals surface area contributed by atoms with E-state index in [9.17, 15) is 10.1 Å². The molecule has 1 aliphatic carbocycles. The zero-order valence-electron chi connectivity index (χ0n) is 8.64. The predicted molar refractivity (Wildman–Crippen MR) is 55.2 cm³/mol. The van der Waals surface area contributed by atoms with Crippen molar-refractivity contribution in [3.8, 4) is 18.2 Å². The molecule has 1 aliphatic rings. The summed E-state index contributed by atoms with van der Waals surface area (Å²) in [6, 6.07) is 4.78. The van der Waals surface area contributed by atoms with Crippen LogP contribution in [0, 0.1) is 55.4 Å². The molecule has 8 heteroatoms. The Balaban J connectivity index is 3.70. The van der Waals surface area contributed by atoms with Crippen LogP contribution in [0.4, 0.5) is 0 Å². The summed E-state index contributed by atoms with van der Waals surface area (Å²) < 4.78 is 0. The first-order valence-corrected chi connectivity index (χ1v) is 4.77. The fraction of sp³-hybridized carbons (Fsp3) is 0.444. The first kappa shape index (κ1) is 12.8. The molecule has 0 amide bonds. The van der Waals surface area contributed by atoms with Crippen LogP contribution in [0.15, 0.2) is 11.3 Å². The van der Waals surface area contributed by atoms with Gasteiger partial charge in [-0.15, -0.1) is 0 Å². The van der Waals surface area contributed by atoms with Crippen molar-refractivity contribution in [3.05, 3.63) is 21.4 Å². The lowest BCUT2D eigenvalue weighted by atomic mass is 9.76. The summed E-state index contributed by atoms with van der Waals surface area (Å²) in [6.45, 7) is 1.25. The number of hydrogen-bond acceptors (Lipinski definition) is 6. The molecule has 0 aromatic heterocycles. The average molecular weight is 252 g/mol. The van der Waals surface area contributed by atoms with Gasteiger partial charge in [0.2, 0.25) is 0 Å². The Morgan fingerprint density at radius 3 is 2.18 bits per heavy atom. The van der Waals surface area contributed by atoms with E-state index in [-0.39, 0.29) is 0 Å². The highest BCUT2D eigenvalue weighted by atomic mass is 35.5. The Hall–Kier alpha value is -2.30. The quantitative estimate of drug-likeness (QED) is 0.313. The molecule has 7 nitrogen and oxygen atoms in total. The normalized spacial score (nSPS) is 30.2. The first-order chi connectivity index (χ1) is 7.82. The average Bonchev–Trinajstić information content (AvgIpc) is 2.48. The van der Waals surface area contributed by atoms with Gasteiger partial charge in [0.15, 0.2) is 5.41 Å². The van der Waals surface area contributed by atoms with Crippen LogP contribution in [0.1, 0.15) is 6.92 Å². The topological polar surface area (TPSA) is 141 Å². The summed E-state index contributed by atoms with van der Waals surface area (Å²) in [7, 11) is 0. The van der Waals surface area contributed by atoms with Gasteiger partial charge in [0.05, 0.1) is 29.7 Å². The molecule has 0 heterocycles. The second kappa shape index (κ2) is 3.62. The molecule has 0 fully saturated rings. The molecule has 17 heavy (non-hydrogen) atoms. The second-order valence-electron chi connectivity index (χ2n) is 3.58. The van der Waals surface area contributed by atoms with Gasteiger partial charge < -0.3 is 5.73 Å². The fourth-order valence-corrected chi connectivity index (χ4v) is 2.12. The number of nitrogens with zero attached hydrogens (tertiary/aromatic N) is 4. The van der Waals surface area contributed by atoms with Crippen molar-refractivity contribution < 1.29 is 4.92 Å². The predicted octanol–water partition coefficient (Wildman–Crippen LogP) is 0.618. The molecule has 2 N–H and O–H groups in total. The van der Waals surface area contributed by atoms with E-state index in [1.165, 1.54) is 6.92 Å². The molecule has 1 rings (SSSR count). The SMILES string of the molecule is C[C@H]1C(C#N)(C#N)C(C#N)=C(N)[C@]1(Cl)[N+](=O)[O-]. The second-order valence-corrected chi connectivity index (χ2v) is 4.16. The van der Waals surface area contributed by atoms with Crippen LogP contribution in [0.5, 0.6) is 0 Å². The first-order valence-electron chi connectivity index (χ1n) is 4.39. The number of nitrogens with two attached hydrogens (primary N) is 1. The van der Waals surface area contributed by atoms with Crippen LogP contribution in [-0.4, -0.2) is 9.92 Å². The van der Waals surface area contributed by atoms with E-state index < -0.39 is 32.5 Å². The van der Waals surface area contributed by atoms with Crippen molar-refractivity contribution in [3.63, 3.8) is 0 Å². The maximum absolute atomic E-state index is 11.0. The molecule has 2 atom stereocenters. The molecule has 0 aliphatic heterocycles. The maximum atomic E-state index is 11.0.